The first-order valence-electron chi connectivity index (χ1n) is 19.5. The van der Waals surface area contributed by atoms with Crippen LogP contribution in [-0.4, -0.2) is 22.2 Å². The van der Waals surface area contributed by atoms with Crippen molar-refractivity contribution in [3.05, 3.63) is 240 Å². The van der Waals surface area contributed by atoms with Crippen LogP contribution in [0.25, 0.3) is 39.3 Å². The Morgan fingerprint density at radius 2 is 0.790 bits per heavy atom. The second-order valence-corrected chi connectivity index (χ2v) is 13.9. The SMILES string of the molecule is [C-]#[N+]/C(=C\C=C\c1ccc(N(c2ccccc2)c2ccc(-c3ccc(-c4ccc(N(c5ccccc5)c5ccc(/C=C/C=C(\C#N)C(=O)O)cc5)cc4)cc3)cc2)cc1)C(=O)O. The Morgan fingerprint density at radius 1 is 0.468 bits per heavy atom. The molecule has 298 valence electrons. The number of hydrogen-bond donors (Lipinski definition) is 2. The zero-order valence-corrected chi connectivity index (χ0v) is 33.3. The van der Waals surface area contributed by atoms with E-state index < -0.39 is 11.9 Å². The highest BCUT2D eigenvalue weighted by molar-refractivity contribution is 5.91. The van der Waals surface area contributed by atoms with Gasteiger partial charge < -0.3 is 20.0 Å². The van der Waals surface area contributed by atoms with E-state index in [1.165, 1.54) is 12.2 Å². The summed E-state index contributed by atoms with van der Waals surface area (Å²) >= 11 is 0. The van der Waals surface area contributed by atoms with Crippen LogP contribution < -0.4 is 9.80 Å². The molecule has 0 atom stereocenters. The van der Waals surface area contributed by atoms with Crippen molar-refractivity contribution in [3.8, 4) is 28.3 Å². The summed E-state index contributed by atoms with van der Waals surface area (Å²) in [5.41, 5.74) is 11.3. The van der Waals surface area contributed by atoms with Crippen molar-refractivity contribution < 1.29 is 19.8 Å². The van der Waals surface area contributed by atoms with E-state index in [9.17, 15) is 9.59 Å². The van der Waals surface area contributed by atoms with Gasteiger partial charge in [0.1, 0.15) is 11.6 Å². The average Bonchev–Trinajstić information content (AvgIpc) is 3.31. The van der Waals surface area contributed by atoms with Gasteiger partial charge in [-0.1, -0.05) is 133 Å². The van der Waals surface area contributed by atoms with Gasteiger partial charge in [0.2, 0.25) is 0 Å². The summed E-state index contributed by atoms with van der Waals surface area (Å²) in [6.45, 7) is 7.03. The highest BCUT2D eigenvalue weighted by atomic mass is 16.4. The fourth-order valence-corrected chi connectivity index (χ4v) is 6.80. The summed E-state index contributed by atoms with van der Waals surface area (Å²) in [5.74, 6) is -2.51. The molecule has 0 aromatic heterocycles. The van der Waals surface area contributed by atoms with E-state index in [1.54, 1.807) is 30.4 Å². The van der Waals surface area contributed by atoms with E-state index in [2.05, 4.69) is 112 Å². The van der Waals surface area contributed by atoms with Gasteiger partial charge in [0.25, 0.3) is 5.70 Å². The molecule has 0 radical (unpaired) electrons. The fourth-order valence-electron chi connectivity index (χ4n) is 6.80. The van der Waals surface area contributed by atoms with Crippen molar-refractivity contribution in [2.24, 2.45) is 0 Å². The zero-order valence-electron chi connectivity index (χ0n) is 33.3. The lowest BCUT2D eigenvalue weighted by Crippen LogP contribution is -2.09. The summed E-state index contributed by atoms with van der Waals surface area (Å²) < 4.78 is 0. The maximum Gasteiger partial charge on any atom is 0.346 e. The third kappa shape index (κ3) is 9.99. The third-order valence-electron chi connectivity index (χ3n) is 9.92. The van der Waals surface area contributed by atoms with E-state index in [0.717, 1.165) is 67.5 Å². The summed E-state index contributed by atoms with van der Waals surface area (Å²) in [4.78, 5) is 29.7. The van der Waals surface area contributed by atoms with E-state index in [0.29, 0.717) is 0 Å². The Morgan fingerprint density at radius 3 is 1.11 bits per heavy atom. The number of allylic oxidation sites excluding steroid dienone is 4. The highest BCUT2D eigenvalue weighted by Crippen LogP contribution is 2.38. The van der Waals surface area contributed by atoms with Gasteiger partial charge >= 0.3 is 11.9 Å². The molecular weight excluding hydrogens is 769 g/mol. The molecule has 8 nitrogen and oxygen atoms in total. The Kier molecular flexibility index (Phi) is 13.1. The number of aliphatic carboxylic acids is 2. The molecule has 0 aliphatic carbocycles. The van der Waals surface area contributed by atoms with Gasteiger partial charge in [0, 0.05) is 34.1 Å². The number of anilines is 6. The Hall–Kier alpha value is -8.98. The first-order valence-corrected chi connectivity index (χ1v) is 19.5. The molecule has 7 aromatic rings. The molecule has 0 unspecified atom stereocenters. The molecular formula is C54H38N4O4. The first-order chi connectivity index (χ1) is 30.3. The lowest BCUT2D eigenvalue weighted by Gasteiger charge is -2.26. The first kappa shape index (κ1) is 41.2. The predicted octanol–water partition coefficient (Wildman–Crippen LogP) is 13.4. The summed E-state index contributed by atoms with van der Waals surface area (Å²) in [6.07, 6.45) is 9.24. The van der Waals surface area contributed by atoms with Gasteiger partial charge in [0.15, 0.2) is 0 Å². The van der Waals surface area contributed by atoms with E-state index >= 15 is 0 Å². The minimum absolute atomic E-state index is 0.327. The van der Waals surface area contributed by atoms with E-state index in [4.69, 9.17) is 22.0 Å². The van der Waals surface area contributed by atoms with Crippen LogP contribution in [0.5, 0.6) is 0 Å². The van der Waals surface area contributed by atoms with Gasteiger partial charge in [-0.05, 0) is 118 Å². The summed E-state index contributed by atoms with van der Waals surface area (Å²) in [6, 6.07) is 63.2. The van der Waals surface area contributed by atoms with Crippen LogP contribution in [0, 0.1) is 17.9 Å². The monoisotopic (exact) mass is 806 g/mol. The number of benzene rings is 7. The van der Waals surface area contributed by atoms with Crippen LogP contribution in [0.1, 0.15) is 11.1 Å². The zero-order chi connectivity index (χ0) is 43.3. The molecule has 0 heterocycles. The van der Waals surface area contributed by atoms with Crippen molar-refractivity contribution in [2.45, 2.75) is 0 Å². The number of nitrogens with zero attached hydrogens (tertiary/aromatic N) is 4. The summed E-state index contributed by atoms with van der Waals surface area (Å²) in [7, 11) is 0. The normalized spacial score (nSPS) is 11.5. The number of carboxylic acids is 2. The predicted molar refractivity (Wildman–Crippen MR) is 248 cm³/mol. The molecule has 0 amide bonds. The van der Waals surface area contributed by atoms with Gasteiger partial charge in [0.05, 0.1) is 6.57 Å². The molecule has 2 N–H and O–H groups in total. The van der Waals surface area contributed by atoms with Crippen LogP contribution in [0.2, 0.25) is 0 Å². The molecule has 7 aromatic carbocycles. The molecule has 0 aliphatic heterocycles. The van der Waals surface area contributed by atoms with Crippen molar-refractivity contribution in [1.29, 1.82) is 5.26 Å². The van der Waals surface area contributed by atoms with Crippen molar-refractivity contribution in [2.75, 3.05) is 9.80 Å². The number of carboxylic acid groups (broad SMARTS) is 2. The van der Waals surface area contributed by atoms with Gasteiger partial charge in [-0.15, -0.1) is 0 Å². The topological polar surface area (TPSA) is 109 Å². The molecule has 0 aliphatic rings. The minimum Gasteiger partial charge on any atom is -0.486 e. The van der Waals surface area contributed by atoms with E-state index in [1.807, 2.05) is 84.9 Å². The van der Waals surface area contributed by atoms with E-state index in [-0.39, 0.29) is 11.3 Å². The fraction of sp³-hybridized carbons (Fsp3) is 0. The number of carbonyl (C=O) groups is 2. The molecule has 0 spiro atoms. The Balaban J connectivity index is 1.08. The van der Waals surface area contributed by atoms with Crippen molar-refractivity contribution in [3.63, 3.8) is 0 Å². The van der Waals surface area contributed by atoms with Crippen LogP contribution in [-0.2, 0) is 9.59 Å². The second kappa shape index (κ2) is 19.6. The quantitative estimate of drug-likeness (QED) is 0.0487. The van der Waals surface area contributed by atoms with Gasteiger partial charge in [-0.3, -0.25) is 4.79 Å². The van der Waals surface area contributed by atoms with Crippen molar-refractivity contribution in [1.82, 2.24) is 0 Å². The number of hydrogen-bond acceptors (Lipinski definition) is 5. The maximum absolute atomic E-state index is 11.1. The van der Waals surface area contributed by atoms with Crippen LogP contribution >= 0.6 is 0 Å². The largest absolute Gasteiger partial charge is 0.486 e. The summed E-state index contributed by atoms with van der Waals surface area (Å²) in [5, 5.41) is 27.2. The molecule has 0 bridgehead atoms. The van der Waals surface area contributed by atoms with Crippen LogP contribution in [0.3, 0.4) is 0 Å². The number of rotatable bonds is 14. The maximum atomic E-state index is 11.1. The van der Waals surface area contributed by atoms with Gasteiger partial charge in [-0.2, -0.15) is 5.26 Å². The number of para-hydroxylation sites is 2. The molecule has 8 heteroatoms. The van der Waals surface area contributed by atoms with Crippen LogP contribution in [0.15, 0.2) is 218 Å². The lowest BCUT2D eigenvalue weighted by molar-refractivity contribution is -0.133. The molecule has 7 rings (SSSR count). The highest BCUT2D eigenvalue weighted by Gasteiger charge is 2.15. The Bertz CT molecular complexity index is 2670. The molecule has 0 fully saturated rings. The number of nitriles is 1. The van der Waals surface area contributed by atoms with Crippen molar-refractivity contribution >= 4 is 58.2 Å². The smallest absolute Gasteiger partial charge is 0.346 e. The molecule has 0 saturated heterocycles. The average molecular weight is 807 g/mol. The molecule has 62 heavy (non-hydrogen) atoms. The Labute approximate surface area is 360 Å². The standard InChI is InChI=1S/C54H38N4O4/c1-56-52(54(61)62)17-9-11-40-20-32-49(33-21-40)58(47-15-6-3-7-16-47)51-36-28-44(29-37-51)42-24-22-41(23-25-42)43-26-34-50(35-27-43)57(46-13-4-2-5-14-46)48-30-18-39(19-31-48)10-8-12-45(38-55)53(59)60/h2-37H,(H,59,60)(H,61,62)/b10-8+,11-9+,45-12+,52-17-. The lowest BCUT2D eigenvalue weighted by atomic mass is 9.99. The minimum atomic E-state index is -1.26. The third-order valence-corrected chi connectivity index (χ3v) is 9.92. The van der Waals surface area contributed by atoms with Crippen LogP contribution in [0.4, 0.5) is 34.1 Å². The second-order valence-electron chi connectivity index (χ2n) is 13.9. The van der Waals surface area contributed by atoms with Gasteiger partial charge in [-0.25, -0.2) is 9.64 Å². The molecule has 0 saturated carbocycles.